The van der Waals surface area contributed by atoms with Crippen molar-refractivity contribution in [2.75, 3.05) is 0 Å². The van der Waals surface area contributed by atoms with Gasteiger partial charge in [-0.15, -0.1) is 0 Å². The second kappa shape index (κ2) is 5.18. The van der Waals surface area contributed by atoms with E-state index < -0.39 is 0 Å². The van der Waals surface area contributed by atoms with E-state index in [9.17, 15) is 0 Å². The molecule has 15 heavy (non-hydrogen) atoms. The van der Waals surface area contributed by atoms with E-state index in [4.69, 9.17) is 0 Å². The molecule has 0 saturated carbocycles. The van der Waals surface area contributed by atoms with Crippen molar-refractivity contribution in [1.29, 1.82) is 0 Å². The topological polar surface area (TPSA) is 28.7 Å². The lowest BCUT2D eigenvalue weighted by Gasteiger charge is -1.97. The van der Waals surface area contributed by atoms with Gasteiger partial charge in [0, 0.05) is 5.75 Å². The van der Waals surface area contributed by atoms with Crippen LogP contribution >= 0.6 is 43.6 Å². The van der Waals surface area contributed by atoms with E-state index >= 15 is 0 Å². The van der Waals surface area contributed by atoms with E-state index in [0.717, 1.165) is 20.1 Å². The lowest BCUT2D eigenvalue weighted by atomic mass is 10.2. The van der Waals surface area contributed by atoms with Gasteiger partial charge in [0.05, 0.1) is 0 Å². The summed E-state index contributed by atoms with van der Waals surface area (Å²) in [5.41, 5.74) is 1.30. The maximum Gasteiger partial charge on any atom is 0.167 e. The molecular weight excluding hydrogens is 340 g/mol. The predicted molar refractivity (Wildman–Crippen MR) is 70.0 cm³/mol. The van der Waals surface area contributed by atoms with E-state index in [1.54, 1.807) is 11.8 Å². The minimum Gasteiger partial charge on any atom is -0.327 e. The molecule has 0 aliphatic carbocycles. The van der Waals surface area contributed by atoms with Crippen molar-refractivity contribution >= 4 is 43.6 Å². The highest BCUT2D eigenvalue weighted by Crippen LogP contribution is 2.26. The van der Waals surface area contributed by atoms with Crippen molar-refractivity contribution in [2.45, 2.75) is 10.9 Å². The van der Waals surface area contributed by atoms with Gasteiger partial charge in [-0.2, -0.15) is 0 Å². The molecule has 0 aliphatic heterocycles. The van der Waals surface area contributed by atoms with Gasteiger partial charge in [-0.3, -0.25) is 0 Å². The van der Waals surface area contributed by atoms with Crippen molar-refractivity contribution in [3.63, 3.8) is 0 Å². The SMILES string of the molecule is Brc1nc(SCc2ccccc2)[nH]c1Br. The third-order valence-electron chi connectivity index (χ3n) is 1.82. The second-order valence-electron chi connectivity index (χ2n) is 2.92. The van der Waals surface area contributed by atoms with Crippen LogP contribution in [0, 0.1) is 0 Å². The number of H-pyrrole nitrogens is 1. The van der Waals surface area contributed by atoms with Crippen molar-refractivity contribution in [3.05, 3.63) is 45.1 Å². The van der Waals surface area contributed by atoms with E-state index in [0.29, 0.717) is 0 Å². The van der Waals surface area contributed by atoms with Gasteiger partial charge in [-0.25, -0.2) is 4.98 Å². The van der Waals surface area contributed by atoms with Crippen LogP contribution in [0.2, 0.25) is 0 Å². The molecule has 2 nitrogen and oxygen atoms in total. The number of imidazole rings is 1. The van der Waals surface area contributed by atoms with Crippen LogP contribution in [0.5, 0.6) is 0 Å². The fourth-order valence-electron chi connectivity index (χ4n) is 1.11. The van der Waals surface area contributed by atoms with Gasteiger partial charge >= 0.3 is 0 Å². The Balaban J connectivity index is 1.99. The van der Waals surface area contributed by atoms with Gasteiger partial charge in [0.2, 0.25) is 0 Å². The van der Waals surface area contributed by atoms with E-state index in [2.05, 4.69) is 54.0 Å². The normalized spacial score (nSPS) is 10.5. The summed E-state index contributed by atoms with van der Waals surface area (Å²) in [6, 6.07) is 10.3. The monoisotopic (exact) mass is 346 g/mol. The number of nitrogens with one attached hydrogen (secondary N) is 1. The summed E-state index contributed by atoms with van der Waals surface area (Å²) in [5, 5.41) is 0.914. The molecule has 2 aromatic rings. The Labute approximate surface area is 109 Å². The summed E-state index contributed by atoms with van der Waals surface area (Å²) in [6.45, 7) is 0. The zero-order chi connectivity index (χ0) is 10.7. The Hall–Kier alpha value is -0.260. The molecule has 5 heteroatoms. The number of rotatable bonds is 3. The maximum absolute atomic E-state index is 4.30. The highest BCUT2D eigenvalue weighted by molar-refractivity contribution is 9.13. The van der Waals surface area contributed by atoms with Gasteiger partial charge in [0.15, 0.2) is 5.16 Å². The minimum atomic E-state index is 0.818. The molecule has 0 aliphatic rings. The third kappa shape index (κ3) is 3.09. The Morgan fingerprint density at radius 3 is 2.53 bits per heavy atom. The Morgan fingerprint density at radius 1 is 1.20 bits per heavy atom. The molecule has 0 atom stereocenters. The fraction of sp³-hybridized carbons (Fsp3) is 0.100. The van der Waals surface area contributed by atoms with Gasteiger partial charge < -0.3 is 4.98 Å². The number of halogens is 2. The maximum atomic E-state index is 4.30. The average molecular weight is 348 g/mol. The summed E-state index contributed by atoms with van der Waals surface area (Å²) in [7, 11) is 0. The average Bonchev–Trinajstić information content (AvgIpc) is 2.57. The lowest BCUT2D eigenvalue weighted by molar-refractivity contribution is 1.04. The van der Waals surface area contributed by atoms with Crippen LogP contribution in [0.15, 0.2) is 44.7 Å². The van der Waals surface area contributed by atoms with E-state index in [1.807, 2.05) is 18.2 Å². The van der Waals surface area contributed by atoms with Crippen molar-refractivity contribution in [1.82, 2.24) is 9.97 Å². The Kier molecular flexibility index (Phi) is 3.88. The summed E-state index contributed by atoms with van der Waals surface area (Å²) >= 11 is 8.39. The predicted octanol–water partition coefficient (Wildman–Crippen LogP) is 4.23. The molecule has 0 bridgehead atoms. The number of nitrogens with zero attached hydrogens (tertiary/aromatic N) is 1. The van der Waals surface area contributed by atoms with Gasteiger partial charge in [0.1, 0.15) is 9.21 Å². The summed E-state index contributed by atoms with van der Waals surface area (Å²) in [5.74, 6) is 0.924. The molecular formula is C10H8Br2N2S. The molecule has 0 amide bonds. The highest BCUT2D eigenvalue weighted by atomic mass is 79.9. The quantitative estimate of drug-likeness (QED) is 0.842. The van der Waals surface area contributed by atoms with Crippen LogP contribution in [-0.4, -0.2) is 9.97 Å². The lowest BCUT2D eigenvalue weighted by Crippen LogP contribution is -1.80. The van der Waals surface area contributed by atoms with Crippen LogP contribution in [0.25, 0.3) is 0 Å². The van der Waals surface area contributed by atoms with Crippen LogP contribution in [0.3, 0.4) is 0 Å². The molecule has 1 N–H and O–H groups in total. The number of aromatic amines is 1. The van der Waals surface area contributed by atoms with Crippen LogP contribution in [0.4, 0.5) is 0 Å². The first kappa shape index (κ1) is 11.2. The van der Waals surface area contributed by atoms with Gasteiger partial charge in [-0.05, 0) is 37.4 Å². The largest absolute Gasteiger partial charge is 0.327 e. The standard InChI is InChI=1S/C10H8Br2N2S/c11-8-9(12)14-10(13-8)15-6-7-4-2-1-3-5-7/h1-5H,6H2,(H,13,14). The fourth-order valence-corrected chi connectivity index (χ4v) is 2.73. The number of benzene rings is 1. The van der Waals surface area contributed by atoms with Gasteiger partial charge in [0.25, 0.3) is 0 Å². The van der Waals surface area contributed by atoms with Crippen molar-refractivity contribution in [3.8, 4) is 0 Å². The molecule has 0 unspecified atom stereocenters. The molecule has 0 radical (unpaired) electrons. The van der Waals surface area contributed by atoms with Crippen LogP contribution < -0.4 is 0 Å². The minimum absolute atomic E-state index is 0.818. The number of hydrogen-bond donors (Lipinski definition) is 1. The Bertz CT molecular complexity index is 422. The molecule has 0 spiro atoms. The molecule has 1 aromatic carbocycles. The number of thioether (sulfide) groups is 1. The summed E-state index contributed by atoms with van der Waals surface area (Å²) in [4.78, 5) is 7.44. The first-order valence-corrected chi connectivity index (χ1v) is 6.90. The highest BCUT2D eigenvalue weighted by Gasteiger charge is 2.05. The first-order valence-electron chi connectivity index (χ1n) is 4.33. The smallest absolute Gasteiger partial charge is 0.167 e. The summed E-state index contributed by atoms with van der Waals surface area (Å²) in [6.07, 6.45) is 0. The summed E-state index contributed by atoms with van der Waals surface area (Å²) < 4.78 is 1.70. The van der Waals surface area contributed by atoms with Gasteiger partial charge in [-0.1, -0.05) is 42.1 Å². The number of hydrogen-bond acceptors (Lipinski definition) is 2. The molecule has 0 fully saturated rings. The zero-order valence-electron chi connectivity index (χ0n) is 7.71. The Morgan fingerprint density at radius 2 is 1.93 bits per heavy atom. The van der Waals surface area contributed by atoms with Crippen molar-refractivity contribution in [2.24, 2.45) is 0 Å². The third-order valence-corrected chi connectivity index (χ3v) is 4.44. The molecule has 1 aromatic heterocycles. The molecule has 0 saturated heterocycles. The molecule has 78 valence electrons. The van der Waals surface area contributed by atoms with E-state index in [-0.39, 0.29) is 0 Å². The van der Waals surface area contributed by atoms with Crippen LogP contribution in [-0.2, 0) is 5.75 Å². The number of aromatic nitrogens is 2. The van der Waals surface area contributed by atoms with Crippen molar-refractivity contribution < 1.29 is 0 Å². The molecule has 1 heterocycles. The zero-order valence-corrected chi connectivity index (χ0v) is 11.7. The molecule has 2 rings (SSSR count). The second-order valence-corrected chi connectivity index (χ2v) is 5.43. The van der Waals surface area contributed by atoms with Crippen LogP contribution in [0.1, 0.15) is 5.56 Å². The van der Waals surface area contributed by atoms with E-state index in [1.165, 1.54) is 5.56 Å². The first-order chi connectivity index (χ1) is 7.25.